The van der Waals surface area contributed by atoms with Gasteiger partial charge in [-0.15, -0.1) is 4.91 Å². The van der Waals surface area contributed by atoms with Crippen LogP contribution in [0.1, 0.15) is 38.2 Å². The lowest BCUT2D eigenvalue weighted by molar-refractivity contribution is -0.138. The molecule has 0 spiro atoms. The standard InChI is InChI=1S/C17H22N2O4/c1-2-23-17(21)16(19-22)15(12-8-4-3-5-9-12)18-13-10-6-7-11-14(13)20/h3-5,8-9,13-14,18,20H,2,6-7,10-11H2,1H3/b16-15+/t13?,14-/m1/s1. The van der Waals surface area contributed by atoms with Crippen LogP contribution in [0.2, 0.25) is 0 Å². The average molecular weight is 318 g/mol. The van der Waals surface area contributed by atoms with Gasteiger partial charge in [-0.2, -0.15) is 0 Å². The number of ether oxygens (including phenoxy) is 1. The van der Waals surface area contributed by atoms with Gasteiger partial charge in [-0.05, 0) is 24.9 Å². The molecule has 1 aromatic rings. The van der Waals surface area contributed by atoms with E-state index in [-0.39, 0.29) is 18.3 Å². The third-order valence-electron chi connectivity index (χ3n) is 3.92. The molecule has 0 amide bonds. The van der Waals surface area contributed by atoms with Crippen molar-refractivity contribution >= 4 is 11.7 Å². The number of benzene rings is 1. The van der Waals surface area contributed by atoms with Crippen LogP contribution in [0, 0.1) is 4.91 Å². The largest absolute Gasteiger partial charge is 0.461 e. The van der Waals surface area contributed by atoms with Crippen molar-refractivity contribution in [2.75, 3.05) is 6.61 Å². The Morgan fingerprint density at radius 3 is 2.61 bits per heavy atom. The molecule has 0 bridgehead atoms. The molecule has 23 heavy (non-hydrogen) atoms. The second kappa shape index (κ2) is 8.43. The third-order valence-corrected chi connectivity index (χ3v) is 3.92. The molecule has 1 saturated carbocycles. The second-order valence-electron chi connectivity index (χ2n) is 5.50. The first-order chi connectivity index (χ1) is 11.2. The maximum Gasteiger partial charge on any atom is 0.362 e. The van der Waals surface area contributed by atoms with E-state index in [1.54, 1.807) is 19.1 Å². The van der Waals surface area contributed by atoms with Crippen LogP contribution in [0.5, 0.6) is 0 Å². The molecule has 124 valence electrons. The van der Waals surface area contributed by atoms with Crippen molar-refractivity contribution in [3.05, 3.63) is 46.5 Å². The summed E-state index contributed by atoms with van der Waals surface area (Å²) >= 11 is 0. The van der Waals surface area contributed by atoms with Crippen LogP contribution in [0.4, 0.5) is 0 Å². The van der Waals surface area contributed by atoms with Gasteiger partial charge in [-0.25, -0.2) is 4.79 Å². The summed E-state index contributed by atoms with van der Waals surface area (Å²) in [7, 11) is 0. The summed E-state index contributed by atoms with van der Waals surface area (Å²) in [6.07, 6.45) is 2.91. The van der Waals surface area contributed by atoms with Crippen molar-refractivity contribution < 1.29 is 14.6 Å². The lowest BCUT2D eigenvalue weighted by Gasteiger charge is -2.30. The predicted octanol–water partition coefficient (Wildman–Crippen LogP) is 2.58. The second-order valence-corrected chi connectivity index (χ2v) is 5.50. The normalized spacial score (nSPS) is 22.0. The minimum atomic E-state index is -0.765. The first kappa shape index (κ1) is 17.1. The van der Waals surface area contributed by atoms with Gasteiger partial charge >= 0.3 is 5.97 Å². The molecule has 0 aliphatic heterocycles. The summed E-state index contributed by atoms with van der Waals surface area (Å²) < 4.78 is 4.92. The van der Waals surface area contributed by atoms with Crippen LogP contribution in [-0.4, -0.2) is 29.8 Å². The van der Waals surface area contributed by atoms with Crippen molar-refractivity contribution in [3.8, 4) is 0 Å². The van der Waals surface area contributed by atoms with Gasteiger partial charge in [0, 0.05) is 5.56 Å². The zero-order valence-corrected chi connectivity index (χ0v) is 13.2. The number of esters is 1. The Labute approximate surface area is 135 Å². The molecule has 6 nitrogen and oxygen atoms in total. The Morgan fingerprint density at radius 2 is 2.00 bits per heavy atom. The summed E-state index contributed by atoms with van der Waals surface area (Å²) in [4.78, 5) is 23.3. The Bertz CT molecular complexity index is 571. The topological polar surface area (TPSA) is 88.0 Å². The molecule has 1 aromatic carbocycles. The zero-order valence-electron chi connectivity index (χ0n) is 13.2. The summed E-state index contributed by atoms with van der Waals surface area (Å²) in [6.45, 7) is 1.83. The van der Waals surface area contributed by atoms with E-state index in [2.05, 4.69) is 10.5 Å². The van der Waals surface area contributed by atoms with Gasteiger partial charge in [-0.1, -0.05) is 43.2 Å². The van der Waals surface area contributed by atoms with Gasteiger partial charge in [0.05, 0.1) is 24.4 Å². The van der Waals surface area contributed by atoms with Crippen molar-refractivity contribution in [2.45, 2.75) is 44.8 Å². The first-order valence-corrected chi connectivity index (χ1v) is 7.92. The summed E-state index contributed by atoms with van der Waals surface area (Å²) in [5.74, 6) is -0.765. The van der Waals surface area contributed by atoms with E-state index >= 15 is 0 Å². The number of nitrogens with zero attached hydrogens (tertiary/aromatic N) is 1. The van der Waals surface area contributed by atoms with Crippen molar-refractivity contribution in [3.63, 3.8) is 0 Å². The maximum absolute atomic E-state index is 12.0. The molecule has 2 atom stereocenters. The molecular weight excluding hydrogens is 296 g/mol. The predicted molar refractivity (Wildman–Crippen MR) is 87.2 cm³/mol. The lowest BCUT2D eigenvalue weighted by atomic mass is 9.92. The molecule has 0 radical (unpaired) electrons. The highest BCUT2D eigenvalue weighted by atomic mass is 16.5. The highest BCUT2D eigenvalue weighted by molar-refractivity contribution is 5.96. The van der Waals surface area contributed by atoms with Crippen LogP contribution < -0.4 is 5.32 Å². The number of hydrogen-bond donors (Lipinski definition) is 2. The minimum absolute atomic E-state index is 0.159. The van der Waals surface area contributed by atoms with Gasteiger partial charge in [0.25, 0.3) is 0 Å². The van der Waals surface area contributed by atoms with E-state index in [0.29, 0.717) is 17.7 Å². The summed E-state index contributed by atoms with van der Waals surface area (Å²) in [5.41, 5.74) is 0.675. The van der Waals surface area contributed by atoms with Gasteiger partial charge in [-0.3, -0.25) is 0 Å². The van der Waals surface area contributed by atoms with E-state index in [0.717, 1.165) is 19.3 Å². The number of carbonyl (C=O) groups excluding carboxylic acids is 1. The molecule has 2 rings (SSSR count). The number of carbonyl (C=O) groups is 1. The van der Waals surface area contributed by atoms with E-state index in [1.165, 1.54) is 0 Å². The number of rotatable bonds is 6. The Balaban J connectivity index is 2.38. The summed E-state index contributed by atoms with van der Waals surface area (Å²) in [6, 6.07) is 8.80. The number of nitrogens with one attached hydrogen (secondary N) is 1. The van der Waals surface area contributed by atoms with Crippen LogP contribution in [-0.2, 0) is 9.53 Å². The first-order valence-electron chi connectivity index (χ1n) is 7.92. The monoisotopic (exact) mass is 318 g/mol. The molecule has 0 aromatic heterocycles. The Kier molecular flexibility index (Phi) is 6.29. The highest BCUT2D eigenvalue weighted by Gasteiger charge is 2.27. The molecule has 1 aliphatic carbocycles. The molecule has 1 fully saturated rings. The molecule has 1 unspecified atom stereocenters. The van der Waals surface area contributed by atoms with E-state index in [9.17, 15) is 14.8 Å². The van der Waals surface area contributed by atoms with Crippen LogP contribution in [0.25, 0.3) is 5.70 Å². The van der Waals surface area contributed by atoms with Crippen LogP contribution >= 0.6 is 0 Å². The average Bonchev–Trinajstić information content (AvgIpc) is 2.57. The fourth-order valence-electron chi connectivity index (χ4n) is 2.74. The Morgan fingerprint density at radius 1 is 1.30 bits per heavy atom. The van der Waals surface area contributed by atoms with Gasteiger partial charge < -0.3 is 15.2 Å². The third kappa shape index (κ3) is 4.39. The van der Waals surface area contributed by atoms with E-state index < -0.39 is 12.1 Å². The number of aliphatic hydroxyl groups excluding tert-OH is 1. The van der Waals surface area contributed by atoms with Crippen molar-refractivity contribution in [2.24, 2.45) is 5.18 Å². The molecule has 2 N–H and O–H groups in total. The van der Waals surface area contributed by atoms with Crippen molar-refractivity contribution in [1.82, 2.24) is 5.32 Å². The van der Waals surface area contributed by atoms with Crippen LogP contribution in [0.3, 0.4) is 0 Å². The molecule has 1 aliphatic rings. The number of hydrogen-bond acceptors (Lipinski definition) is 6. The zero-order chi connectivity index (χ0) is 16.7. The van der Waals surface area contributed by atoms with Crippen LogP contribution in [0.15, 0.2) is 41.2 Å². The molecule has 0 heterocycles. The van der Waals surface area contributed by atoms with E-state index in [1.807, 2.05) is 18.2 Å². The molecule has 0 saturated heterocycles. The SMILES string of the molecule is CCOC(=O)/C(N=O)=C(\NC1CCCC[C@H]1O)c1ccccc1. The van der Waals surface area contributed by atoms with Crippen molar-refractivity contribution in [1.29, 1.82) is 0 Å². The van der Waals surface area contributed by atoms with Gasteiger partial charge in [0.1, 0.15) is 0 Å². The van der Waals surface area contributed by atoms with E-state index in [4.69, 9.17) is 4.74 Å². The van der Waals surface area contributed by atoms with Gasteiger partial charge in [0.15, 0.2) is 0 Å². The van der Waals surface area contributed by atoms with Gasteiger partial charge in [0.2, 0.25) is 5.70 Å². The molecular formula is C17H22N2O4. The quantitative estimate of drug-likeness (QED) is 0.478. The number of aliphatic hydroxyl groups is 1. The minimum Gasteiger partial charge on any atom is -0.461 e. The fourth-order valence-corrected chi connectivity index (χ4v) is 2.74. The number of nitroso groups, excluding NO2 is 1. The maximum atomic E-state index is 12.0. The smallest absolute Gasteiger partial charge is 0.362 e. The Hall–Kier alpha value is -2.21. The summed E-state index contributed by atoms with van der Waals surface area (Å²) in [5, 5.41) is 16.2. The highest BCUT2D eigenvalue weighted by Crippen LogP contribution is 2.24. The molecule has 6 heteroatoms. The lowest BCUT2D eigenvalue weighted by Crippen LogP contribution is -2.41. The fraction of sp³-hybridized carbons (Fsp3) is 0.471.